The quantitative estimate of drug-likeness (QED) is 0.792. The maximum Gasteiger partial charge on any atom is 0.275 e. The minimum atomic E-state index is -0.229. The zero-order chi connectivity index (χ0) is 13.3. The van der Waals surface area contributed by atoms with E-state index in [-0.39, 0.29) is 5.91 Å². The van der Waals surface area contributed by atoms with Crippen molar-refractivity contribution < 1.29 is 4.79 Å². The number of benzene rings is 1. The number of nitrogens with zero attached hydrogens (tertiary/aromatic N) is 2. The molecular weight excluding hydrogens is 228 g/mol. The smallest absolute Gasteiger partial charge is 0.275 e. The van der Waals surface area contributed by atoms with E-state index in [2.05, 4.69) is 10.3 Å². The van der Waals surface area contributed by atoms with Gasteiger partial charge in [0.15, 0.2) is 0 Å². The van der Waals surface area contributed by atoms with Crippen LogP contribution in [-0.4, -0.2) is 15.5 Å². The highest BCUT2D eigenvalue weighted by molar-refractivity contribution is 6.04. The summed E-state index contributed by atoms with van der Waals surface area (Å²) in [5.41, 5.74) is 9.50. The first kappa shape index (κ1) is 12.2. The fourth-order valence-corrected chi connectivity index (χ4v) is 1.76. The van der Waals surface area contributed by atoms with Gasteiger partial charge in [0.2, 0.25) is 0 Å². The molecule has 0 unspecified atom stereocenters. The van der Waals surface area contributed by atoms with Gasteiger partial charge >= 0.3 is 0 Å². The lowest BCUT2D eigenvalue weighted by Gasteiger charge is -2.12. The minimum absolute atomic E-state index is 0.229. The number of hydrogen-bond acceptors (Lipinski definition) is 3. The van der Waals surface area contributed by atoms with Crippen LogP contribution in [0.25, 0.3) is 0 Å². The SMILES string of the molecule is Cc1ccc(N)c(C)c1NC(=O)c1cn(C)cn1. The molecule has 94 valence electrons. The van der Waals surface area contributed by atoms with Gasteiger partial charge in [0.1, 0.15) is 5.69 Å². The number of aryl methyl sites for hydroxylation is 2. The Morgan fingerprint density at radius 2 is 2.11 bits per heavy atom. The fraction of sp³-hybridized carbons (Fsp3) is 0.231. The lowest BCUT2D eigenvalue weighted by atomic mass is 10.1. The summed E-state index contributed by atoms with van der Waals surface area (Å²) < 4.78 is 1.73. The Balaban J connectivity index is 2.30. The van der Waals surface area contributed by atoms with E-state index in [0.29, 0.717) is 11.4 Å². The van der Waals surface area contributed by atoms with Crippen LogP contribution in [0, 0.1) is 13.8 Å². The highest BCUT2D eigenvalue weighted by Crippen LogP contribution is 2.25. The number of imidazole rings is 1. The molecule has 0 aliphatic heterocycles. The fourth-order valence-electron chi connectivity index (χ4n) is 1.76. The molecular formula is C13H16N4O. The number of carbonyl (C=O) groups excluding carboxylic acids is 1. The monoisotopic (exact) mass is 244 g/mol. The predicted molar refractivity (Wildman–Crippen MR) is 71.5 cm³/mol. The van der Waals surface area contributed by atoms with E-state index < -0.39 is 0 Å². The van der Waals surface area contributed by atoms with Crippen molar-refractivity contribution in [3.05, 3.63) is 41.5 Å². The average Bonchev–Trinajstić information content (AvgIpc) is 2.76. The Kier molecular flexibility index (Phi) is 3.06. The second-order valence-electron chi connectivity index (χ2n) is 4.35. The number of rotatable bonds is 2. The number of nitrogens with two attached hydrogens (primary N) is 1. The van der Waals surface area contributed by atoms with E-state index in [1.54, 1.807) is 17.1 Å². The van der Waals surface area contributed by atoms with E-state index in [1.165, 1.54) is 0 Å². The molecule has 3 N–H and O–H groups in total. The van der Waals surface area contributed by atoms with Gasteiger partial charge in [-0.15, -0.1) is 0 Å². The Morgan fingerprint density at radius 1 is 1.39 bits per heavy atom. The van der Waals surface area contributed by atoms with Crippen LogP contribution < -0.4 is 11.1 Å². The summed E-state index contributed by atoms with van der Waals surface area (Å²) in [7, 11) is 1.82. The summed E-state index contributed by atoms with van der Waals surface area (Å²) in [6.07, 6.45) is 3.26. The second-order valence-corrected chi connectivity index (χ2v) is 4.35. The molecule has 0 spiro atoms. The lowest BCUT2D eigenvalue weighted by molar-refractivity contribution is 0.102. The molecule has 0 aliphatic rings. The first-order valence-corrected chi connectivity index (χ1v) is 5.64. The summed E-state index contributed by atoms with van der Waals surface area (Å²) in [6.45, 7) is 3.82. The molecule has 0 aliphatic carbocycles. The van der Waals surface area contributed by atoms with E-state index in [1.807, 2.05) is 33.0 Å². The molecule has 1 amide bonds. The van der Waals surface area contributed by atoms with Crippen molar-refractivity contribution in [2.75, 3.05) is 11.1 Å². The van der Waals surface area contributed by atoms with Crippen molar-refractivity contribution in [1.82, 2.24) is 9.55 Å². The first-order chi connectivity index (χ1) is 8.49. The molecule has 1 aromatic carbocycles. The van der Waals surface area contributed by atoms with Gasteiger partial charge in [-0.05, 0) is 31.0 Å². The van der Waals surface area contributed by atoms with Crippen molar-refractivity contribution in [2.45, 2.75) is 13.8 Å². The molecule has 0 radical (unpaired) electrons. The van der Waals surface area contributed by atoms with Crippen molar-refractivity contribution in [1.29, 1.82) is 0 Å². The highest BCUT2D eigenvalue weighted by Gasteiger charge is 2.12. The molecule has 0 saturated carbocycles. The van der Waals surface area contributed by atoms with Gasteiger partial charge in [0, 0.05) is 24.6 Å². The average molecular weight is 244 g/mol. The molecule has 2 aromatic rings. The molecule has 2 rings (SSSR count). The molecule has 1 aromatic heterocycles. The number of amides is 1. The van der Waals surface area contributed by atoms with Crippen molar-refractivity contribution in [2.24, 2.45) is 7.05 Å². The number of anilines is 2. The molecule has 18 heavy (non-hydrogen) atoms. The molecule has 5 nitrogen and oxygen atoms in total. The Hall–Kier alpha value is -2.30. The van der Waals surface area contributed by atoms with E-state index in [0.717, 1.165) is 16.8 Å². The first-order valence-electron chi connectivity index (χ1n) is 5.64. The molecule has 1 heterocycles. The number of nitrogen functional groups attached to an aromatic ring is 1. The zero-order valence-electron chi connectivity index (χ0n) is 10.7. The lowest BCUT2D eigenvalue weighted by Crippen LogP contribution is -2.14. The van der Waals surface area contributed by atoms with Gasteiger partial charge in [-0.25, -0.2) is 4.98 Å². The van der Waals surface area contributed by atoms with Gasteiger partial charge in [-0.2, -0.15) is 0 Å². The summed E-state index contributed by atoms with van der Waals surface area (Å²) in [5, 5.41) is 2.85. The third-order valence-electron chi connectivity index (χ3n) is 2.89. The third-order valence-corrected chi connectivity index (χ3v) is 2.89. The summed E-state index contributed by atoms with van der Waals surface area (Å²) in [4.78, 5) is 16.0. The topological polar surface area (TPSA) is 72.9 Å². The normalized spacial score (nSPS) is 10.4. The summed E-state index contributed by atoms with van der Waals surface area (Å²) in [6, 6.07) is 3.72. The van der Waals surface area contributed by atoms with Crippen LogP contribution in [0.1, 0.15) is 21.6 Å². The largest absolute Gasteiger partial charge is 0.398 e. The molecule has 0 atom stereocenters. The van der Waals surface area contributed by atoms with Gasteiger partial charge in [-0.1, -0.05) is 6.07 Å². The Bertz CT molecular complexity index is 601. The predicted octanol–water partition coefficient (Wildman–Crippen LogP) is 1.87. The van der Waals surface area contributed by atoms with Crippen LogP contribution >= 0.6 is 0 Å². The van der Waals surface area contributed by atoms with Crippen LogP contribution in [0.15, 0.2) is 24.7 Å². The molecule has 0 fully saturated rings. The van der Waals surface area contributed by atoms with Crippen molar-refractivity contribution >= 4 is 17.3 Å². The Morgan fingerprint density at radius 3 is 2.72 bits per heavy atom. The van der Waals surface area contributed by atoms with Crippen LogP contribution in [0.2, 0.25) is 0 Å². The van der Waals surface area contributed by atoms with Crippen molar-refractivity contribution in [3.8, 4) is 0 Å². The van der Waals surface area contributed by atoms with Crippen LogP contribution in [-0.2, 0) is 7.05 Å². The number of hydrogen-bond donors (Lipinski definition) is 2. The van der Waals surface area contributed by atoms with Crippen LogP contribution in [0.5, 0.6) is 0 Å². The zero-order valence-corrected chi connectivity index (χ0v) is 10.7. The third kappa shape index (κ3) is 2.20. The van der Waals surface area contributed by atoms with Crippen molar-refractivity contribution in [3.63, 3.8) is 0 Å². The number of nitrogens with one attached hydrogen (secondary N) is 1. The van der Waals surface area contributed by atoms with E-state index >= 15 is 0 Å². The van der Waals surface area contributed by atoms with E-state index in [9.17, 15) is 4.79 Å². The van der Waals surface area contributed by atoms with Gasteiger partial charge in [-0.3, -0.25) is 4.79 Å². The Labute approximate surface area is 106 Å². The minimum Gasteiger partial charge on any atom is -0.398 e. The molecule has 0 saturated heterocycles. The number of carbonyl (C=O) groups is 1. The summed E-state index contributed by atoms with van der Waals surface area (Å²) >= 11 is 0. The number of aromatic nitrogens is 2. The van der Waals surface area contributed by atoms with Crippen LogP contribution in [0.3, 0.4) is 0 Å². The van der Waals surface area contributed by atoms with Gasteiger partial charge < -0.3 is 15.6 Å². The molecule has 5 heteroatoms. The second kappa shape index (κ2) is 4.52. The van der Waals surface area contributed by atoms with Gasteiger partial charge in [0.25, 0.3) is 5.91 Å². The summed E-state index contributed by atoms with van der Waals surface area (Å²) in [5.74, 6) is -0.229. The maximum absolute atomic E-state index is 12.0. The van der Waals surface area contributed by atoms with Crippen LogP contribution in [0.4, 0.5) is 11.4 Å². The molecule has 0 bridgehead atoms. The van der Waals surface area contributed by atoms with E-state index in [4.69, 9.17) is 5.73 Å². The maximum atomic E-state index is 12.0. The highest BCUT2D eigenvalue weighted by atomic mass is 16.1. The standard InChI is InChI=1S/C13H16N4O/c1-8-4-5-10(14)9(2)12(8)16-13(18)11-6-17(3)7-15-11/h4-7H,14H2,1-3H3,(H,16,18). The van der Waals surface area contributed by atoms with Gasteiger partial charge in [0.05, 0.1) is 6.33 Å².